The number of sulfonamides is 1. The minimum absolute atomic E-state index is 0.206. The summed E-state index contributed by atoms with van der Waals surface area (Å²) in [5, 5.41) is 0.641. The van der Waals surface area contributed by atoms with Gasteiger partial charge >= 0.3 is 0 Å². The van der Waals surface area contributed by atoms with Gasteiger partial charge in [0.1, 0.15) is 16.8 Å². The zero-order valence-electron chi connectivity index (χ0n) is 25.2. The van der Waals surface area contributed by atoms with Gasteiger partial charge in [-0.3, -0.25) is 13.7 Å². The summed E-state index contributed by atoms with van der Waals surface area (Å²) in [5.41, 5.74) is 3.22. The van der Waals surface area contributed by atoms with Gasteiger partial charge in [-0.25, -0.2) is 13.4 Å². The maximum absolute atomic E-state index is 14.0. The number of methoxy groups -OCH3 is 1. The zero-order chi connectivity index (χ0) is 31.4. The van der Waals surface area contributed by atoms with Crippen molar-refractivity contribution in [2.45, 2.75) is 32.1 Å². The molecule has 230 valence electrons. The van der Waals surface area contributed by atoms with E-state index in [9.17, 15) is 13.2 Å². The molecule has 3 aromatic carbocycles. The first-order chi connectivity index (χ1) is 21.2. The molecule has 5 aromatic rings. The largest absolute Gasteiger partial charge is 0.494 e. The maximum atomic E-state index is 14.0. The highest BCUT2D eigenvalue weighted by molar-refractivity contribution is 7.92. The van der Waals surface area contributed by atoms with Gasteiger partial charge in [-0.15, -0.1) is 11.3 Å². The number of benzene rings is 3. The normalized spacial score (nSPS) is 11.8. The van der Waals surface area contributed by atoms with E-state index in [1.54, 1.807) is 42.5 Å². The Hall–Kier alpha value is -3.70. The summed E-state index contributed by atoms with van der Waals surface area (Å²) < 4.78 is 37.1. The second-order valence-electron chi connectivity index (χ2n) is 10.4. The molecule has 0 saturated heterocycles. The van der Waals surface area contributed by atoms with Crippen LogP contribution in [0.15, 0.2) is 88.8 Å². The highest BCUT2D eigenvalue weighted by Gasteiger charge is 2.28. The van der Waals surface area contributed by atoms with E-state index >= 15 is 0 Å². The van der Waals surface area contributed by atoms with Crippen LogP contribution in [0.4, 0.5) is 5.69 Å². The van der Waals surface area contributed by atoms with Crippen LogP contribution >= 0.6 is 22.9 Å². The molecule has 2 heterocycles. The average Bonchev–Trinajstić information content (AvgIpc) is 3.47. The highest BCUT2D eigenvalue weighted by Crippen LogP contribution is 2.35. The number of aromatic nitrogens is 2. The molecule has 0 aliphatic carbocycles. The molecule has 0 atom stereocenters. The summed E-state index contributed by atoms with van der Waals surface area (Å²) in [5.74, 6) is 0.334. The van der Waals surface area contributed by atoms with Gasteiger partial charge in [0.25, 0.3) is 15.6 Å². The summed E-state index contributed by atoms with van der Waals surface area (Å²) in [6, 6.07) is 21.3. The van der Waals surface area contributed by atoms with Gasteiger partial charge < -0.3 is 9.64 Å². The summed E-state index contributed by atoms with van der Waals surface area (Å²) in [6.45, 7) is 8.90. The van der Waals surface area contributed by atoms with E-state index in [-0.39, 0.29) is 17.0 Å². The Kier molecular flexibility index (Phi) is 9.75. The van der Waals surface area contributed by atoms with Crippen LogP contribution in [0.2, 0.25) is 5.02 Å². The van der Waals surface area contributed by atoms with Crippen LogP contribution in [-0.2, 0) is 10.0 Å². The Morgan fingerprint density at radius 1 is 0.955 bits per heavy atom. The fourth-order valence-electron chi connectivity index (χ4n) is 5.06. The molecule has 0 fully saturated rings. The second kappa shape index (κ2) is 13.5. The molecular formula is C33H35ClN4O4S2. The van der Waals surface area contributed by atoms with Gasteiger partial charge in [0, 0.05) is 22.5 Å². The van der Waals surface area contributed by atoms with Crippen molar-refractivity contribution in [1.29, 1.82) is 0 Å². The van der Waals surface area contributed by atoms with Crippen molar-refractivity contribution < 1.29 is 13.2 Å². The van der Waals surface area contributed by atoms with Crippen molar-refractivity contribution >= 4 is 48.9 Å². The number of nitrogens with zero attached hydrogens (tertiary/aromatic N) is 4. The van der Waals surface area contributed by atoms with Gasteiger partial charge in [-0.2, -0.15) is 0 Å². The van der Waals surface area contributed by atoms with Gasteiger partial charge in [-0.05, 0) is 81.0 Å². The molecule has 0 spiro atoms. The fourth-order valence-corrected chi connectivity index (χ4v) is 7.75. The minimum Gasteiger partial charge on any atom is -0.494 e. The molecule has 0 amide bonds. The first-order valence-corrected chi connectivity index (χ1v) is 17.1. The first kappa shape index (κ1) is 31.7. The first-order valence-electron chi connectivity index (χ1n) is 14.4. The van der Waals surface area contributed by atoms with Gasteiger partial charge in [0.2, 0.25) is 0 Å². The second-order valence-corrected chi connectivity index (χ2v) is 13.7. The van der Waals surface area contributed by atoms with Gasteiger partial charge in [0.15, 0.2) is 0 Å². The fraction of sp³-hybridized carbons (Fsp3) is 0.273. The molecule has 8 nitrogen and oxygen atoms in total. The van der Waals surface area contributed by atoms with Crippen molar-refractivity contribution in [3.8, 4) is 21.9 Å². The van der Waals surface area contributed by atoms with Crippen LogP contribution in [0.3, 0.4) is 0 Å². The van der Waals surface area contributed by atoms with Crippen LogP contribution in [-0.4, -0.2) is 56.2 Å². The monoisotopic (exact) mass is 650 g/mol. The molecule has 5 rings (SSSR count). The Bertz CT molecular complexity index is 1920. The van der Waals surface area contributed by atoms with Crippen molar-refractivity contribution in [2.24, 2.45) is 0 Å². The zero-order valence-corrected chi connectivity index (χ0v) is 27.5. The molecule has 0 unspecified atom stereocenters. The number of rotatable bonds is 12. The van der Waals surface area contributed by atoms with Crippen molar-refractivity contribution in [2.75, 3.05) is 37.6 Å². The predicted octanol–water partition coefficient (Wildman–Crippen LogP) is 7.01. The summed E-state index contributed by atoms with van der Waals surface area (Å²) in [4.78, 5) is 21.6. The lowest BCUT2D eigenvalue weighted by atomic mass is 10.2. The number of fused-ring (bicyclic) bond motifs is 1. The minimum atomic E-state index is -3.91. The summed E-state index contributed by atoms with van der Waals surface area (Å²) in [6.07, 6.45) is 2.12. The van der Waals surface area contributed by atoms with Crippen molar-refractivity contribution in [3.63, 3.8) is 0 Å². The van der Waals surface area contributed by atoms with E-state index in [2.05, 4.69) is 23.7 Å². The van der Waals surface area contributed by atoms with Gasteiger partial charge in [-0.1, -0.05) is 55.3 Å². The molecule has 0 radical (unpaired) electrons. The predicted molar refractivity (Wildman–Crippen MR) is 180 cm³/mol. The average molecular weight is 651 g/mol. The van der Waals surface area contributed by atoms with E-state index in [0.29, 0.717) is 38.8 Å². The van der Waals surface area contributed by atoms with Crippen LogP contribution in [0.5, 0.6) is 5.75 Å². The van der Waals surface area contributed by atoms with E-state index in [0.717, 1.165) is 35.6 Å². The lowest BCUT2D eigenvalue weighted by molar-refractivity contribution is 0.302. The number of aryl methyl sites for hydroxylation is 1. The molecule has 0 aliphatic heterocycles. The molecule has 0 N–H and O–H groups in total. The number of hydrogen-bond donors (Lipinski definition) is 0. The van der Waals surface area contributed by atoms with Crippen molar-refractivity contribution in [1.82, 2.24) is 14.5 Å². The molecule has 0 bridgehead atoms. The summed E-state index contributed by atoms with van der Waals surface area (Å²) in [7, 11) is -2.41. The number of hydrogen-bond acceptors (Lipinski definition) is 7. The third-order valence-corrected chi connectivity index (χ3v) is 10.9. The Labute approximate surface area is 267 Å². The topological polar surface area (TPSA) is 84.7 Å². The van der Waals surface area contributed by atoms with Crippen LogP contribution in [0, 0.1) is 6.92 Å². The Morgan fingerprint density at radius 2 is 1.66 bits per heavy atom. The SMILES string of the molecule is CCN(CC)CCCN(c1ccc(-n2cnc3cc(-c4ccc(Cl)cc4)sc3c2=O)cc1OC)S(=O)(=O)c1ccc(C)cc1. The van der Waals surface area contributed by atoms with Crippen molar-refractivity contribution in [3.05, 3.63) is 100 Å². The van der Waals surface area contributed by atoms with Crippen LogP contribution in [0.25, 0.3) is 26.3 Å². The number of halogens is 1. The number of thiophene rings is 1. The molecule has 2 aromatic heterocycles. The highest BCUT2D eigenvalue weighted by atomic mass is 35.5. The Balaban J connectivity index is 1.54. The van der Waals surface area contributed by atoms with E-state index < -0.39 is 10.0 Å². The Morgan fingerprint density at radius 3 is 2.32 bits per heavy atom. The molecular weight excluding hydrogens is 616 g/mol. The smallest absolute Gasteiger partial charge is 0.275 e. The third-order valence-electron chi connectivity index (χ3n) is 7.62. The molecule has 11 heteroatoms. The van der Waals surface area contributed by atoms with E-state index in [1.807, 2.05) is 37.3 Å². The van der Waals surface area contributed by atoms with Gasteiger partial charge in [0.05, 0.1) is 28.9 Å². The summed E-state index contributed by atoms with van der Waals surface area (Å²) >= 11 is 7.41. The lowest BCUT2D eigenvalue weighted by Gasteiger charge is -2.28. The third kappa shape index (κ3) is 6.53. The molecule has 0 saturated carbocycles. The maximum Gasteiger partial charge on any atom is 0.275 e. The number of anilines is 1. The van der Waals surface area contributed by atoms with Crippen LogP contribution in [0.1, 0.15) is 25.8 Å². The lowest BCUT2D eigenvalue weighted by Crippen LogP contribution is -2.35. The van der Waals surface area contributed by atoms with E-state index in [4.69, 9.17) is 16.3 Å². The van der Waals surface area contributed by atoms with E-state index in [1.165, 1.54) is 33.6 Å². The molecule has 0 aliphatic rings. The number of ether oxygens (including phenoxy) is 1. The quantitative estimate of drug-likeness (QED) is 0.144. The van der Waals surface area contributed by atoms with Crippen LogP contribution < -0.4 is 14.6 Å². The molecule has 44 heavy (non-hydrogen) atoms. The standard InChI is InChI=1S/C33H35ClN4O4S2/c1-5-36(6-2)18-7-19-38(44(40,41)27-15-8-23(3)9-16-27)29-17-14-26(20-30(29)42-4)37-22-35-28-21-31(43-32(28)33(37)39)24-10-12-25(34)13-11-24/h8-17,20-22H,5-7,18-19H2,1-4H3.